The summed E-state index contributed by atoms with van der Waals surface area (Å²) in [5.74, 6) is -1.24. The number of esters is 1. The lowest BCUT2D eigenvalue weighted by molar-refractivity contribution is -0.156. The largest absolute Gasteiger partial charge is 0.481 e. The van der Waals surface area contributed by atoms with Crippen molar-refractivity contribution < 1.29 is 39.3 Å². The molecule has 4 fully saturated rings. The van der Waals surface area contributed by atoms with Gasteiger partial charge in [0, 0.05) is 6.20 Å². The van der Waals surface area contributed by atoms with Crippen molar-refractivity contribution in [3.63, 3.8) is 0 Å². The molecule has 0 amide bonds. The molecule has 3 aliphatic carbocycles. The minimum Gasteiger partial charge on any atom is -0.481 e. The van der Waals surface area contributed by atoms with E-state index >= 15 is 0 Å². The highest BCUT2D eigenvalue weighted by atomic mass is 16.6. The molecule has 4 N–H and O–H groups in total. The fraction of sp³-hybridized carbons (Fsp3) is 0.708. The molecular formula is C24H35N3O9. The fourth-order valence-electron chi connectivity index (χ4n) is 3.96. The average Bonchev–Trinajstić information content (AvgIpc) is 3.17. The van der Waals surface area contributed by atoms with Gasteiger partial charge in [-0.25, -0.2) is 4.79 Å². The Morgan fingerprint density at radius 2 is 1.50 bits per heavy atom. The Bertz CT molecular complexity index is 930. The number of carboxylic acid groups (broad SMARTS) is 2. The van der Waals surface area contributed by atoms with Crippen LogP contribution in [0.4, 0.5) is 5.82 Å². The predicted octanol–water partition coefficient (Wildman–Crippen LogP) is 2.81. The first-order chi connectivity index (χ1) is 17.3. The first-order valence-electron chi connectivity index (χ1n) is 12.6. The summed E-state index contributed by atoms with van der Waals surface area (Å²) >= 11 is 0. The number of hydrogen-bond acceptors (Lipinski definition) is 9. The van der Waals surface area contributed by atoms with Crippen LogP contribution in [-0.4, -0.2) is 55.6 Å². The molecule has 0 spiro atoms. The van der Waals surface area contributed by atoms with E-state index in [9.17, 15) is 19.2 Å². The maximum absolute atomic E-state index is 11.8. The van der Waals surface area contributed by atoms with Gasteiger partial charge in [0.2, 0.25) is 0 Å². The van der Waals surface area contributed by atoms with Gasteiger partial charge >= 0.3 is 23.6 Å². The van der Waals surface area contributed by atoms with Gasteiger partial charge in [-0.1, -0.05) is 19.3 Å². The van der Waals surface area contributed by atoms with Crippen LogP contribution in [0.5, 0.6) is 0 Å². The van der Waals surface area contributed by atoms with Crippen molar-refractivity contribution in [2.24, 2.45) is 17.8 Å². The van der Waals surface area contributed by atoms with E-state index in [4.69, 9.17) is 24.9 Å². The Balaban J connectivity index is 0.000000209. The summed E-state index contributed by atoms with van der Waals surface area (Å²) in [6, 6.07) is 1.48. The van der Waals surface area contributed by atoms with Gasteiger partial charge in [0.15, 0.2) is 5.82 Å². The van der Waals surface area contributed by atoms with Gasteiger partial charge in [0.1, 0.15) is 12.8 Å². The number of aliphatic carboxylic acids is 2. The topological polar surface area (TPSA) is 177 Å². The number of carboxylic acids is 2. The zero-order valence-corrected chi connectivity index (χ0v) is 20.2. The second-order valence-corrected chi connectivity index (χ2v) is 9.59. The molecule has 12 heteroatoms. The highest BCUT2D eigenvalue weighted by Crippen LogP contribution is 2.30. The smallest absolute Gasteiger partial charge is 0.351 e. The number of hydrogen-bond donors (Lipinski definition) is 4. The highest BCUT2D eigenvalue weighted by Gasteiger charge is 2.31. The Labute approximate surface area is 208 Å². The molecule has 2 atom stereocenters. The molecule has 2 heterocycles. The van der Waals surface area contributed by atoms with Crippen molar-refractivity contribution in [1.82, 2.24) is 9.55 Å². The van der Waals surface area contributed by atoms with Crippen LogP contribution in [0, 0.1) is 17.8 Å². The summed E-state index contributed by atoms with van der Waals surface area (Å²) in [6.45, 7) is 0.226. The fourth-order valence-corrected chi connectivity index (χ4v) is 3.96. The number of ether oxygens (including phenoxy) is 2. The third-order valence-electron chi connectivity index (χ3n) is 7.10. The van der Waals surface area contributed by atoms with E-state index in [-0.39, 0.29) is 42.3 Å². The summed E-state index contributed by atoms with van der Waals surface area (Å²) in [5.41, 5.74) is 1.32. The first-order valence-corrected chi connectivity index (χ1v) is 12.6. The van der Waals surface area contributed by atoms with Crippen molar-refractivity contribution in [2.75, 3.05) is 12.1 Å². The number of carbonyl (C=O) groups excluding carboxylic acids is 1. The van der Waals surface area contributed by atoms with Gasteiger partial charge in [-0.15, -0.1) is 0 Å². The zero-order valence-electron chi connectivity index (χ0n) is 20.2. The maximum Gasteiger partial charge on any atom is 0.351 e. The number of rotatable bonds is 7. The first kappa shape index (κ1) is 27.6. The minimum absolute atomic E-state index is 0.000000000000000444. The van der Waals surface area contributed by atoms with Crippen LogP contribution in [0.15, 0.2) is 17.1 Å². The standard InChI is InChI=1S/C14H19N3O5.2C5H8O2/c18-13(9-2-1-3-9)21-8-10-4-5-12(22-10)17-7-6-11(16-20)15-14(17)19;2*6-5(7)4-2-1-3-4/h6-7,9-10,12,20H,1-5,8H2,(H,15,16,19);2*4H,1-3H2,(H,6,7). The van der Waals surface area contributed by atoms with E-state index < -0.39 is 23.9 Å². The zero-order chi connectivity index (χ0) is 26.1. The number of nitrogens with one attached hydrogen (secondary N) is 1. The van der Waals surface area contributed by atoms with Gasteiger partial charge in [0.25, 0.3) is 0 Å². The second-order valence-electron chi connectivity index (χ2n) is 9.59. The van der Waals surface area contributed by atoms with Gasteiger partial charge in [-0.3, -0.25) is 29.6 Å². The van der Waals surface area contributed by atoms with Crippen LogP contribution in [0.1, 0.15) is 76.9 Å². The van der Waals surface area contributed by atoms with Gasteiger partial charge in [-0.05, 0) is 57.4 Å². The second kappa shape index (κ2) is 13.4. The Kier molecular flexibility index (Phi) is 10.2. The molecule has 1 aliphatic heterocycles. The Hall–Kier alpha value is -2.99. The molecule has 36 heavy (non-hydrogen) atoms. The third-order valence-corrected chi connectivity index (χ3v) is 7.10. The Morgan fingerprint density at radius 1 is 0.944 bits per heavy atom. The van der Waals surface area contributed by atoms with Gasteiger partial charge in [-0.2, -0.15) is 4.98 Å². The lowest BCUT2D eigenvalue weighted by atomic mass is 9.86. The van der Waals surface area contributed by atoms with E-state index in [1.165, 1.54) is 16.8 Å². The van der Waals surface area contributed by atoms with Crippen LogP contribution in [0.25, 0.3) is 0 Å². The van der Waals surface area contributed by atoms with Crippen LogP contribution in [-0.2, 0) is 23.9 Å². The number of aromatic nitrogens is 2. The minimum atomic E-state index is -0.619. The molecule has 1 saturated heterocycles. The molecular weight excluding hydrogens is 474 g/mol. The monoisotopic (exact) mass is 509 g/mol. The molecule has 12 nitrogen and oxygen atoms in total. The van der Waals surface area contributed by atoms with Crippen LogP contribution < -0.4 is 11.2 Å². The summed E-state index contributed by atoms with van der Waals surface area (Å²) in [6.07, 6.45) is 11.0. The van der Waals surface area contributed by atoms with E-state index in [1.807, 2.05) is 5.48 Å². The normalized spacial score (nSPS) is 23.4. The summed E-state index contributed by atoms with van der Waals surface area (Å²) in [4.78, 5) is 47.1. The van der Waals surface area contributed by atoms with Crippen LogP contribution in [0.3, 0.4) is 0 Å². The molecule has 3 saturated carbocycles. The lowest BCUT2D eigenvalue weighted by Crippen LogP contribution is -2.29. The average molecular weight is 510 g/mol. The number of carbonyl (C=O) groups is 3. The summed E-state index contributed by atoms with van der Waals surface area (Å²) in [7, 11) is 0. The van der Waals surface area contributed by atoms with E-state index in [1.54, 1.807) is 0 Å². The van der Waals surface area contributed by atoms with E-state index in [2.05, 4.69) is 4.98 Å². The Morgan fingerprint density at radius 3 is 1.89 bits per heavy atom. The molecule has 5 rings (SSSR count). The lowest BCUT2D eigenvalue weighted by Gasteiger charge is -2.24. The maximum atomic E-state index is 11.8. The molecule has 2 unspecified atom stereocenters. The molecule has 0 radical (unpaired) electrons. The number of nitrogens with zero attached hydrogens (tertiary/aromatic N) is 2. The quantitative estimate of drug-likeness (QED) is 0.314. The van der Waals surface area contributed by atoms with E-state index in [0.717, 1.165) is 64.2 Å². The molecule has 0 aromatic carbocycles. The van der Waals surface area contributed by atoms with Crippen molar-refractivity contribution >= 4 is 23.7 Å². The van der Waals surface area contributed by atoms with Crippen molar-refractivity contribution in [3.8, 4) is 0 Å². The number of anilines is 1. The van der Waals surface area contributed by atoms with Gasteiger partial charge < -0.3 is 19.7 Å². The molecule has 1 aromatic rings. The summed E-state index contributed by atoms with van der Waals surface area (Å²) < 4.78 is 12.4. The molecule has 4 aliphatic rings. The van der Waals surface area contributed by atoms with Crippen LogP contribution in [0.2, 0.25) is 0 Å². The SMILES string of the molecule is O=C(O)C1CCC1.O=C(O)C1CCC1.O=C(OCC1CCC(n2ccc(NO)nc2=O)O1)C1CCC1. The highest BCUT2D eigenvalue weighted by molar-refractivity contribution is 5.73. The van der Waals surface area contributed by atoms with Crippen molar-refractivity contribution in [3.05, 3.63) is 22.7 Å². The molecule has 1 aromatic heterocycles. The predicted molar refractivity (Wildman–Crippen MR) is 125 cm³/mol. The van der Waals surface area contributed by atoms with Crippen LogP contribution >= 0.6 is 0 Å². The summed E-state index contributed by atoms with van der Waals surface area (Å²) in [5, 5.41) is 25.2. The van der Waals surface area contributed by atoms with E-state index in [0.29, 0.717) is 6.42 Å². The van der Waals surface area contributed by atoms with Crippen molar-refractivity contribution in [1.29, 1.82) is 0 Å². The third kappa shape index (κ3) is 7.76. The molecule has 0 bridgehead atoms. The van der Waals surface area contributed by atoms with Crippen molar-refractivity contribution in [2.45, 2.75) is 83.0 Å². The van der Waals surface area contributed by atoms with Gasteiger partial charge in [0.05, 0.1) is 23.9 Å². The molecule has 200 valence electrons.